The number of morpholine rings is 1. The Labute approximate surface area is 210 Å². The maximum absolute atomic E-state index is 12.4. The predicted octanol–water partition coefficient (Wildman–Crippen LogP) is 8.16. The maximum Gasteiger partial charge on any atom is 0.224 e. The molecule has 1 N–H and O–H groups in total. The molecule has 1 aromatic carbocycles. The SMILES string of the molecule is CCCCCCCCCCCCCCCCCC(=O)Nc1ccc([N+]2(C)CCOCC2)cc1C. The quantitative estimate of drug-likeness (QED) is 0.172. The zero-order valence-corrected chi connectivity index (χ0v) is 22.6. The van der Waals surface area contributed by atoms with Crippen molar-refractivity contribution in [2.45, 2.75) is 117 Å². The number of amides is 1. The molecule has 194 valence electrons. The average molecular weight is 474 g/mol. The fraction of sp³-hybridized carbons (Fsp3) is 0.767. The van der Waals surface area contributed by atoms with Crippen LogP contribution in [0.15, 0.2) is 18.2 Å². The normalized spacial score (nSPS) is 15.4. The van der Waals surface area contributed by atoms with Crippen LogP contribution < -0.4 is 9.80 Å². The summed E-state index contributed by atoms with van der Waals surface area (Å²) in [6.07, 6.45) is 20.9. The molecule has 2 rings (SSSR count). The van der Waals surface area contributed by atoms with Crippen LogP contribution >= 0.6 is 0 Å². The molecule has 0 spiro atoms. The Morgan fingerprint density at radius 2 is 1.32 bits per heavy atom. The fourth-order valence-corrected chi connectivity index (χ4v) is 5.00. The molecule has 4 heteroatoms. The van der Waals surface area contributed by atoms with Crippen LogP contribution in [0.4, 0.5) is 11.4 Å². The van der Waals surface area contributed by atoms with Gasteiger partial charge in [0, 0.05) is 24.2 Å². The van der Waals surface area contributed by atoms with Crippen LogP contribution in [-0.2, 0) is 9.53 Å². The zero-order chi connectivity index (χ0) is 24.5. The number of hydrogen-bond acceptors (Lipinski definition) is 2. The van der Waals surface area contributed by atoms with E-state index in [0.717, 1.165) is 48.5 Å². The molecule has 0 atom stereocenters. The highest BCUT2D eigenvalue weighted by atomic mass is 16.5. The molecule has 1 aromatic rings. The summed E-state index contributed by atoms with van der Waals surface area (Å²) in [5.74, 6) is 0.150. The lowest BCUT2D eigenvalue weighted by molar-refractivity contribution is -0.116. The Kier molecular flexibility index (Phi) is 14.5. The van der Waals surface area contributed by atoms with Crippen molar-refractivity contribution < 1.29 is 9.53 Å². The van der Waals surface area contributed by atoms with E-state index in [1.165, 1.54) is 95.6 Å². The van der Waals surface area contributed by atoms with Crippen LogP contribution in [0.2, 0.25) is 0 Å². The lowest BCUT2D eigenvalue weighted by Gasteiger charge is -2.37. The molecule has 0 bridgehead atoms. The van der Waals surface area contributed by atoms with Gasteiger partial charge in [-0.25, -0.2) is 0 Å². The van der Waals surface area contributed by atoms with Crippen molar-refractivity contribution in [3.63, 3.8) is 0 Å². The Balaban J connectivity index is 1.47. The first kappa shape index (κ1) is 28.8. The summed E-state index contributed by atoms with van der Waals surface area (Å²) in [6, 6.07) is 6.48. The summed E-state index contributed by atoms with van der Waals surface area (Å²) in [6.45, 7) is 8.01. The Morgan fingerprint density at radius 3 is 1.82 bits per heavy atom. The summed E-state index contributed by atoms with van der Waals surface area (Å²) in [7, 11) is 2.27. The molecule has 0 unspecified atom stereocenters. The van der Waals surface area contributed by atoms with Gasteiger partial charge in [-0.1, -0.05) is 96.8 Å². The number of carbonyl (C=O) groups excluding carboxylic acids is 1. The number of benzene rings is 1. The van der Waals surface area contributed by atoms with Crippen molar-refractivity contribution in [3.05, 3.63) is 23.8 Å². The molecule has 0 aliphatic carbocycles. The van der Waals surface area contributed by atoms with Gasteiger partial charge in [0.2, 0.25) is 5.91 Å². The molecule has 0 aromatic heterocycles. The highest BCUT2D eigenvalue weighted by molar-refractivity contribution is 5.91. The van der Waals surface area contributed by atoms with E-state index >= 15 is 0 Å². The van der Waals surface area contributed by atoms with Gasteiger partial charge < -0.3 is 10.1 Å². The van der Waals surface area contributed by atoms with Gasteiger partial charge in [-0.2, -0.15) is 0 Å². The number of rotatable bonds is 18. The van der Waals surface area contributed by atoms with Crippen molar-refractivity contribution in [2.24, 2.45) is 0 Å². The monoisotopic (exact) mass is 473 g/mol. The van der Waals surface area contributed by atoms with Gasteiger partial charge in [0.05, 0.1) is 20.3 Å². The van der Waals surface area contributed by atoms with Crippen molar-refractivity contribution >= 4 is 17.3 Å². The smallest absolute Gasteiger partial charge is 0.224 e. The van der Waals surface area contributed by atoms with Gasteiger partial charge in [0.1, 0.15) is 18.8 Å². The number of ether oxygens (including phenoxy) is 1. The minimum atomic E-state index is 0.150. The summed E-state index contributed by atoms with van der Waals surface area (Å²) in [4.78, 5) is 12.4. The summed E-state index contributed by atoms with van der Waals surface area (Å²) >= 11 is 0. The average Bonchev–Trinajstić information content (AvgIpc) is 2.83. The number of nitrogens with zero attached hydrogens (tertiary/aromatic N) is 1. The molecule has 1 aliphatic heterocycles. The minimum Gasteiger partial charge on any atom is -0.370 e. The molecular weight excluding hydrogens is 420 g/mol. The first-order valence-corrected chi connectivity index (χ1v) is 14.4. The van der Waals surface area contributed by atoms with Crippen molar-refractivity contribution in [3.8, 4) is 0 Å². The highest BCUT2D eigenvalue weighted by Crippen LogP contribution is 2.28. The van der Waals surface area contributed by atoms with Crippen molar-refractivity contribution in [2.75, 3.05) is 38.7 Å². The third kappa shape index (κ3) is 11.4. The van der Waals surface area contributed by atoms with E-state index < -0.39 is 0 Å². The third-order valence-electron chi connectivity index (χ3n) is 7.57. The van der Waals surface area contributed by atoms with Gasteiger partial charge in [0.25, 0.3) is 0 Å². The second-order valence-corrected chi connectivity index (χ2v) is 10.7. The van der Waals surface area contributed by atoms with Gasteiger partial charge in [-0.05, 0) is 25.0 Å². The number of hydrogen-bond donors (Lipinski definition) is 1. The minimum absolute atomic E-state index is 0.150. The summed E-state index contributed by atoms with van der Waals surface area (Å²) in [5.41, 5.74) is 3.41. The topological polar surface area (TPSA) is 38.3 Å². The predicted molar refractivity (Wildman–Crippen MR) is 148 cm³/mol. The van der Waals surface area contributed by atoms with Crippen molar-refractivity contribution in [1.29, 1.82) is 0 Å². The lowest BCUT2D eigenvalue weighted by Crippen LogP contribution is -2.53. The van der Waals surface area contributed by atoms with Crippen LogP contribution in [-0.4, -0.2) is 39.3 Å². The number of nitrogens with one attached hydrogen (secondary N) is 1. The van der Waals surface area contributed by atoms with Crippen LogP contribution in [0.3, 0.4) is 0 Å². The second-order valence-electron chi connectivity index (χ2n) is 10.7. The largest absolute Gasteiger partial charge is 0.370 e. The maximum atomic E-state index is 12.4. The molecule has 0 saturated carbocycles. The standard InChI is InChI=1S/C30H52N2O2/c1-4-5-6-7-8-9-10-11-12-13-14-15-16-17-18-19-30(33)31-29-21-20-28(26-27(29)2)32(3)22-24-34-25-23-32/h20-21,26H,4-19,22-25H2,1-3H3/p+1. The van der Waals surface area contributed by atoms with E-state index in [9.17, 15) is 4.79 Å². The van der Waals surface area contributed by atoms with Crippen LogP contribution in [0.1, 0.15) is 115 Å². The van der Waals surface area contributed by atoms with E-state index in [-0.39, 0.29) is 5.91 Å². The number of carbonyl (C=O) groups is 1. The van der Waals surface area contributed by atoms with E-state index in [4.69, 9.17) is 4.74 Å². The Hall–Kier alpha value is -1.39. The van der Waals surface area contributed by atoms with Crippen LogP contribution in [0.25, 0.3) is 0 Å². The summed E-state index contributed by atoms with van der Waals surface area (Å²) < 4.78 is 6.44. The molecule has 1 saturated heterocycles. The number of quaternary nitrogens is 1. The van der Waals surface area contributed by atoms with Gasteiger partial charge >= 0.3 is 0 Å². The van der Waals surface area contributed by atoms with Crippen LogP contribution in [0, 0.1) is 6.92 Å². The zero-order valence-electron chi connectivity index (χ0n) is 22.6. The van der Waals surface area contributed by atoms with E-state index in [0.29, 0.717) is 6.42 Å². The number of aryl methyl sites for hydroxylation is 1. The number of anilines is 1. The fourth-order valence-electron chi connectivity index (χ4n) is 5.00. The first-order valence-electron chi connectivity index (χ1n) is 14.4. The van der Waals surface area contributed by atoms with E-state index in [2.05, 4.69) is 44.4 Å². The number of likely N-dealkylation sites (N-methyl/N-ethyl adjacent to an activating group) is 1. The van der Waals surface area contributed by atoms with E-state index in [1.807, 2.05) is 0 Å². The Morgan fingerprint density at radius 1 is 0.824 bits per heavy atom. The van der Waals surface area contributed by atoms with Crippen LogP contribution in [0.5, 0.6) is 0 Å². The van der Waals surface area contributed by atoms with E-state index in [1.54, 1.807) is 0 Å². The first-order chi connectivity index (χ1) is 16.5. The molecule has 1 amide bonds. The molecule has 1 aliphatic rings. The highest BCUT2D eigenvalue weighted by Gasteiger charge is 2.28. The molecule has 0 radical (unpaired) electrons. The van der Waals surface area contributed by atoms with Gasteiger partial charge in [-0.15, -0.1) is 0 Å². The van der Waals surface area contributed by atoms with Gasteiger partial charge in [0.15, 0.2) is 0 Å². The Bertz CT molecular complexity index is 682. The number of unbranched alkanes of at least 4 members (excludes halogenated alkanes) is 14. The molecule has 34 heavy (non-hydrogen) atoms. The molecule has 1 heterocycles. The van der Waals surface area contributed by atoms with Gasteiger partial charge in [-0.3, -0.25) is 9.28 Å². The molecular formula is C30H53N2O2+. The molecule has 1 fully saturated rings. The second kappa shape index (κ2) is 17.1. The molecule has 4 nitrogen and oxygen atoms in total. The third-order valence-corrected chi connectivity index (χ3v) is 7.57. The summed E-state index contributed by atoms with van der Waals surface area (Å²) in [5, 5.41) is 3.13. The van der Waals surface area contributed by atoms with Crippen molar-refractivity contribution in [1.82, 2.24) is 4.48 Å². The lowest BCUT2D eigenvalue weighted by atomic mass is 10.0.